The Morgan fingerprint density at radius 3 is 2.77 bits per heavy atom. The van der Waals surface area contributed by atoms with Crippen molar-refractivity contribution in [3.63, 3.8) is 0 Å². The molecule has 0 N–H and O–H groups in total. The van der Waals surface area contributed by atoms with Crippen molar-refractivity contribution in [2.75, 3.05) is 0 Å². The largest absolute Gasteiger partial charge is 0.357 e. The number of hydrogen-bond acceptors (Lipinski definition) is 2. The van der Waals surface area contributed by atoms with E-state index in [1.54, 1.807) is 11.8 Å². The maximum atomic E-state index is 5.86. The van der Waals surface area contributed by atoms with Gasteiger partial charge in [0, 0.05) is 4.90 Å². The Balaban J connectivity index is 2.50. The number of ether oxygens (including phenoxy) is 1. The van der Waals surface area contributed by atoms with Gasteiger partial charge < -0.3 is 4.74 Å². The smallest absolute Gasteiger partial charge is 0.106 e. The molecule has 1 aromatic carbocycles. The third-order valence-electron chi connectivity index (χ3n) is 2.29. The van der Waals surface area contributed by atoms with Gasteiger partial charge in [0.15, 0.2) is 0 Å². The summed E-state index contributed by atoms with van der Waals surface area (Å²) in [5.74, 6) is 0. The lowest BCUT2D eigenvalue weighted by atomic mass is 9.98. The van der Waals surface area contributed by atoms with E-state index in [2.05, 4.69) is 45.0 Å². The summed E-state index contributed by atoms with van der Waals surface area (Å²) in [6, 6.07) is 8.47. The summed E-state index contributed by atoms with van der Waals surface area (Å²) >= 11 is 1.79. The Morgan fingerprint density at radius 1 is 1.31 bits per heavy atom. The fourth-order valence-electron chi connectivity index (χ4n) is 1.75. The first-order valence-electron chi connectivity index (χ1n) is 4.53. The predicted octanol–water partition coefficient (Wildman–Crippen LogP) is 3.39. The monoisotopic (exact) mass is 194 g/mol. The molecule has 0 amide bonds. The summed E-state index contributed by atoms with van der Waals surface area (Å²) in [5, 5.41) is 0. The molecule has 2 rings (SSSR count). The van der Waals surface area contributed by atoms with Gasteiger partial charge in [0.25, 0.3) is 0 Å². The van der Waals surface area contributed by atoms with E-state index >= 15 is 0 Å². The van der Waals surface area contributed by atoms with E-state index in [0.717, 1.165) is 0 Å². The van der Waals surface area contributed by atoms with Crippen LogP contribution in [0.1, 0.15) is 26.3 Å². The van der Waals surface area contributed by atoms with Crippen molar-refractivity contribution < 1.29 is 4.74 Å². The fourth-order valence-corrected chi connectivity index (χ4v) is 2.99. The fraction of sp³-hybridized carbons (Fsp3) is 0.455. The van der Waals surface area contributed by atoms with Gasteiger partial charge in [-0.25, -0.2) is 0 Å². The lowest BCUT2D eigenvalue weighted by Gasteiger charge is -2.35. The molecule has 1 heterocycles. The molecule has 0 aromatic heterocycles. The van der Waals surface area contributed by atoms with Gasteiger partial charge in [0.2, 0.25) is 0 Å². The van der Waals surface area contributed by atoms with Gasteiger partial charge in [-0.15, -0.1) is 0 Å². The molecular weight excluding hydrogens is 180 g/mol. The SMILES string of the molecule is CC1OC(C)(C)c2ccccc2S1. The first-order chi connectivity index (χ1) is 6.09. The number of thioether (sulfide) groups is 1. The molecule has 0 radical (unpaired) electrons. The number of fused-ring (bicyclic) bond motifs is 1. The minimum atomic E-state index is -0.138. The van der Waals surface area contributed by atoms with Crippen molar-refractivity contribution in [1.82, 2.24) is 0 Å². The molecule has 0 bridgehead atoms. The van der Waals surface area contributed by atoms with Crippen LogP contribution in [0.5, 0.6) is 0 Å². The topological polar surface area (TPSA) is 9.23 Å². The maximum Gasteiger partial charge on any atom is 0.106 e. The first kappa shape index (κ1) is 9.10. The number of hydrogen-bond donors (Lipinski definition) is 0. The van der Waals surface area contributed by atoms with E-state index in [1.807, 2.05) is 0 Å². The van der Waals surface area contributed by atoms with Gasteiger partial charge >= 0.3 is 0 Å². The second-order valence-corrected chi connectivity index (χ2v) is 5.15. The van der Waals surface area contributed by atoms with Gasteiger partial charge in [-0.1, -0.05) is 30.0 Å². The van der Waals surface area contributed by atoms with Crippen LogP contribution in [0.15, 0.2) is 29.2 Å². The summed E-state index contributed by atoms with van der Waals surface area (Å²) < 4.78 is 5.86. The molecule has 1 aliphatic rings. The molecule has 0 aliphatic carbocycles. The van der Waals surface area contributed by atoms with E-state index in [0.29, 0.717) is 0 Å². The lowest BCUT2D eigenvalue weighted by Crippen LogP contribution is -2.29. The second kappa shape index (κ2) is 3.03. The Kier molecular flexibility index (Phi) is 2.12. The maximum absolute atomic E-state index is 5.86. The van der Waals surface area contributed by atoms with Crippen molar-refractivity contribution in [2.45, 2.75) is 36.7 Å². The Labute approximate surface area is 83.5 Å². The normalized spacial score (nSPS) is 25.3. The summed E-state index contributed by atoms with van der Waals surface area (Å²) in [7, 11) is 0. The van der Waals surface area contributed by atoms with Crippen molar-refractivity contribution in [3.8, 4) is 0 Å². The highest BCUT2D eigenvalue weighted by atomic mass is 32.2. The lowest BCUT2D eigenvalue weighted by molar-refractivity contribution is -0.0368. The molecule has 1 aromatic rings. The molecule has 1 aliphatic heterocycles. The van der Waals surface area contributed by atoms with Crippen LogP contribution in [-0.2, 0) is 10.3 Å². The van der Waals surface area contributed by atoms with Crippen LogP contribution in [0.25, 0.3) is 0 Å². The van der Waals surface area contributed by atoms with E-state index in [1.165, 1.54) is 10.5 Å². The Morgan fingerprint density at radius 2 is 2.00 bits per heavy atom. The summed E-state index contributed by atoms with van der Waals surface area (Å²) in [6.07, 6.45) is 0. The average Bonchev–Trinajstić information content (AvgIpc) is 2.02. The van der Waals surface area contributed by atoms with Crippen molar-refractivity contribution in [1.29, 1.82) is 0 Å². The van der Waals surface area contributed by atoms with Crippen molar-refractivity contribution >= 4 is 11.8 Å². The van der Waals surface area contributed by atoms with E-state index < -0.39 is 0 Å². The highest BCUT2D eigenvalue weighted by molar-refractivity contribution is 7.99. The molecule has 13 heavy (non-hydrogen) atoms. The molecule has 70 valence electrons. The minimum Gasteiger partial charge on any atom is -0.357 e. The second-order valence-electron chi connectivity index (χ2n) is 3.81. The molecule has 0 fully saturated rings. The average molecular weight is 194 g/mol. The summed E-state index contributed by atoms with van der Waals surface area (Å²) in [4.78, 5) is 1.35. The highest BCUT2D eigenvalue weighted by Gasteiger charge is 2.31. The molecule has 1 nitrogen and oxygen atoms in total. The van der Waals surface area contributed by atoms with Crippen molar-refractivity contribution in [2.24, 2.45) is 0 Å². The molecular formula is C11H14OS. The summed E-state index contributed by atoms with van der Waals surface area (Å²) in [5.41, 5.74) is 1.42. The number of benzene rings is 1. The van der Waals surface area contributed by atoms with E-state index in [4.69, 9.17) is 4.74 Å². The van der Waals surface area contributed by atoms with E-state index in [-0.39, 0.29) is 11.0 Å². The molecule has 0 spiro atoms. The third-order valence-corrected chi connectivity index (χ3v) is 3.33. The Bertz CT molecular complexity index is 320. The van der Waals surface area contributed by atoms with Crippen LogP contribution < -0.4 is 0 Å². The van der Waals surface area contributed by atoms with Crippen LogP contribution >= 0.6 is 11.8 Å². The van der Waals surface area contributed by atoms with Gasteiger partial charge in [0.05, 0.1) is 5.60 Å². The van der Waals surface area contributed by atoms with Crippen LogP contribution in [0.4, 0.5) is 0 Å². The molecule has 0 saturated heterocycles. The van der Waals surface area contributed by atoms with Gasteiger partial charge in [-0.2, -0.15) is 0 Å². The van der Waals surface area contributed by atoms with Crippen LogP contribution in [0.2, 0.25) is 0 Å². The van der Waals surface area contributed by atoms with E-state index in [9.17, 15) is 0 Å². The highest BCUT2D eigenvalue weighted by Crippen LogP contribution is 2.42. The van der Waals surface area contributed by atoms with Crippen LogP contribution in [0, 0.1) is 0 Å². The Hall–Kier alpha value is -0.470. The zero-order valence-corrected chi connectivity index (χ0v) is 9.02. The number of rotatable bonds is 0. The zero-order chi connectivity index (χ0) is 9.47. The third kappa shape index (κ3) is 1.61. The minimum absolute atomic E-state index is 0.138. The quantitative estimate of drug-likeness (QED) is 0.626. The van der Waals surface area contributed by atoms with Gasteiger partial charge in [-0.3, -0.25) is 0 Å². The molecule has 1 unspecified atom stereocenters. The molecule has 0 saturated carbocycles. The van der Waals surface area contributed by atoms with Gasteiger partial charge in [-0.05, 0) is 32.4 Å². The molecule has 1 atom stereocenters. The van der Waals surface area contributed by atoms with Crippen molar-refractivity contribution in [3.05, 3.63) is 29.8 Å². The zero-order valence-electron chi connectivity index (χ0n) is 8.20. The van der Waals surface area contributed by atoms with Crippen LogP contribution in [-0.4, -0.2) is 5.44 Å². The predicted molar refractivity (Wildman–Crippen MR) is 55.9 cm³/mol. The standard InChI is InChI=1S/C11H14OS/c1-8-12-11(2,3)9-6-4-5-7-10(9)13-8/h4-8H,1-3H3. The first-order valence-corrected chi connectivity index (χ1v) is 5.41. The molecule has 2 heteroatoms. The van der Waals surface area contributed by atoms with Crippen LogP contribution in [0.3, 0.4) is 0 Å². The van der Waals surface area contributed by atoms with Gasteiger partial charge in [0.1, 0.15) is 5.44 Å². The summed E-state index contributed by atoms with van der Waals surface area (Å²) in [6.45, 7) is 6.35.